The molecule has 0 saturated carbocycles. The predicted molar refractivity (Wildman–Crippen MR) is 98.7 cm³/mol. The minimum Gasteiger partial charge on any atom is -0.383 e. The summed E-state index contributed by atoms with van der Waals surface area (Å²) in [4.78, 5) is 4.45. The van der Waals surface area contributed by atoms with Gasteiger partial charge < -0.3 is 5.73 Å². The number of nitrogen functional groups attached to an aromatic ring is 1. The average molecular weight is 334 g/mol. The van der Waals surface area contributed by atoms with Crippen LogP contribution in [0.15, 0.2) is 48.5 Å². The fraction of sp³-hybridized carbons (Fsp3) is 0.100. The van der Waals surface area contributed by atoms with Crippen molar-refractivity contribution in [3.05, 3.63) is 70.2 Å². The van der Waals surface area contributed by atoms with Crippen LogP contribution >= 0.6 is 11.6 Å². The van der Waals surface area contributed by atoms with E-state index in [1.54, 1.807) is 12.1 Å². The summed E-state index contributed by atoms with van der Waals surface area (Å²) < 4.78 is 0. The standard InChI is InChI=1S/C20H16ClN3/c1-12-3-4-13(2)16(9-12)19-10-17(18(11-22)20(23)24-19)14-5-7-15(21)8-6-14/h3-10H,1-2H3,(H2,23,24). The lowest BCUT2D eigenvalue weighted by molar-refractivity contribution is 1.28. The highest BCUT2D eigenvalue weighted by Gasteiger charge is 2.14. The highest BCUT2D eigenvalue weighted by molar-refractivity contribution is 6.30. The van der Waals surface area contributed by atoms with Gasteiger partial charge in [-0.15, -0.1) is 0 Å². The second-order valence-electron chi connectivity index (χ2n) is 5.75. The molecule has 3 nitrogen and oxygen atoms in total. The number of aryl methyl sites for hydroxylation is 2. The summed E-state index contributed by atoms with van der Waals surface area (Å²) >= 11 is 5.97. The van der Waals surface area contributed by atoms with Crippen LogP contribution in [0.1, 0.15) is 16.7 Å². The molecule has 0 aliphatic carbocycles. The van der Waals surface area contributed by atoms with Crippen molar-refractivity contribution in [2.75, 3.05) is 5.73 Å². The topological polar surface area (TPSA) is 62.7 Å². The number of aromatic nitrogens is 1. The molecule has 4 heteroatoms. The van der Waals surface area contributed by atoms with Gasteiger partial charge in [-0.25, -0.2) is 4.98 Å². The van der Waals surface area contributed by atoms with Gasteiger partial charge in [0.1, 0.15) is 17.5 Å². The third-order valence-electron chi connectivity index (χ3n) is 3.98. The second-order valence-corrected chi connectivity index (χ2v) is 6.19. The number of pyridine rings is 1. The van der Waals surface area contributed by atoms with Gasteiger partial charge in [-0.3, -0.25) is 0 Å². The van der Waals surface area contributed by atoms with E-state index in [0.717, 1.165) is 33.5 Å². The molecule has 0 amide bonds. The SMILES string of the molecule is Cc1ccc(C)c(-c2cc(-c3ccc(Cl)cc3)c(C#N)c(N)n2)c1. The van der Waals surface area contributed by atoms with Crippen LogP contribution in [-0.2, 0) is 0 Å². The molecule has 118 valence electrons. The van der Waals surface area contributed by atoms with Crippen molar-refractivity contribution in [1.29, 1.82) is 5.26 Å². The number of halogens is 1. The first-order valence-corrected chi connectivity index (χ1v) is 7.91. The zero-order chi connectivity index (χ0) is 17.3. The molecule has 0 aliphatic heterocycles. The van der Waals surface area contributed by atoms with Crippen LogP contribution in [0.4, 0.5) is 5.82 Å². The minimum absolute atomic E-state index is 0.237. The van der Waals surface area contributed by atoms with E-state index in [9.17, 15) is 5.26 Å². The maximum atomic E-state index is 9.48. The summed E-state index contributed by atoms with van der Waals surface area (Å²) in [5.41, 5.74) is 12.1. The van der Waals surface area contributed by atoms with Gasteiger partial charge in [-0.1, -0.05) is 41.4 Å². The molecule has 0 saturated heterocycles. The summed E-state index contributed by atoms with van der Waals surface area (Å²) in [7, 11) is 0. The van der Waals surface area contributed by atoms with Gasteiger partial charge in [-0.2, -0.15) is 5.26 Å². The number of nitrogens with zero attached hydrogens (tertiary/aromatic N) is 2. The number of rotatable bonds is 2. The van der Waals surface area contributed by atoms with Crippen LogP contribution < -0.4 is 5.73 Å². The highest BCUT2D eigenvalue weighted by Crippen LogP contribution is 2.33. The summed E-state index contributed by atoms with van der Waals surface area (Å²) in [5.74, 6) is 0.237. The smallest absolute Gasteiger partial charge is 0.142 e. The van der Waals surface area contributed by atoms with E-state index in [2.05, 4.69) is 29.3 Å². The molecule has 3 aromatic rings. The molecular formula is C20H16ClN3. The minimum atomic E-state index is 0.237. The Morgan fingerprint density at radius 2 is 1.71 bits per heavy atom. The van der Waals surface area contributed by atoms with Crippen molar-refractivity contribution in [1.82, 2.24) is 4.98 Å². The van der Waals surface area contributed by atoms with Gasteiger partial charge in [-0.05, 0) is 49.2 Å². The van der Waals surface area contributed by atoms with Crippen LogP contribution in [0.25, 0.3) is 22.4 Å². The van der Waals surface area contributed by atoms with Gasteiger partial charge in [0.25, 0.3) is 0 Å². The predicted octanol–water partition coefficient (Wildman–Crippen LogP) is 5.14. The number of nitriles is 1. The zero-order valence-corrected chi connectivity index (χ0v) is 14.2. The van der Waals surface area contributed by atoms with Gasteiger partial charge in [0.15, 0.2) is 0 Å². The Hall–Kier alpha value is -2.83. The maximum absolute atomic E-state index is 9.48. The molecule has 1 heterocycles. The van der Waals surface area contributed by atoms with Crippen LogP contribution in [0.3, 0.4) is 0 Å². The van der Waals surface area contributed by atoms with E-state index < -0.39 is 0 Å². The lowest BCUT2D eigenvalue weighted by Crippen LogP contribution is -2.00. The summed E-state index contributed by atoms with van der Waals surface area (Å²) in [6, 6.07) is 17.6. The highest BCUT2D eigenvalue weighted by atomic mass is 35.5. The zero-order valence-electron chi connectivity index (χ0n) is 13.5. The van der Waals surface area contributed by atoms with E-state index in [4.69, 9.17) is 17.3 Å². The fourth-order valence-corrected chi connectivity index (χ4v) is 2.82. The van der Waals surface area contributed by atoms with Crippen LogP contribution in [0.2, 0.25) is 5.02 Å². The number of benzene rings is 2. The van der Waals surface area contributed by atoms with E-state index in [1.165, 1.54) is 0 Å². The van der Waals surface area contributed by atoms with Crippen molar-refractivity contribution in [2.45, 2.75) is 13.8 Å². The summed E-state index contributed by atoms with van der Waals surface area (Å²) in [5, 5.41) is 10.1. The molecular weight excluding hydrogens is 318 g/mol. The van der Waals surface area contributed by atoms with Gasteiger partial charge in [0, 0.05) is 16.1 Å². The Balaban J connectivity index is 2.26. The van der Waals surface area contributed by atoms with E-state index in [0.29, 0.717) is 10.6 Å². The third kappa shape index (κ3) is 2.97. The Morgan fingerprint density at radius 3 is 2.38 bits per heavy atom. The van der Waals surface area contributed by atoms with Crippen LogP contribution in [-0.4, -0.2) is 4.98 Å². The van der Waals surface area contributed by atoms with Crippen molar-refractivity contribution >= 4 is 17.4 Å². The van der Waals surface area contributed by atoms with Gasteiger partial charge >= 0.3 is 0 Å². The molecule has 0 atom stereocenters. The first-order chi connectivity index (χ1) is 11.5. The molecule has 0 aliphatic rings. The molecule has 2 aromatic carbocycles. The van der Waals surface area contributed by atoms with Crippen molar-refractivity contribution in [2.24, 2.45) is 0 Å². The lowest BCUT2D eigenvalue weighted by atomic mass is 9.96. The fourth-order valence-electron chi connectivity index (χ4n) is 2.69. The Bertz CT molecular complexity index is 954. The number of anilines is 1. The molecule has 0 unspecified atom stereocenters. The molecule has 0 spiro atoms. The van der Waals surface area contributed by atoms with Crippen LogP contribution in [0.5, 0.6) is 0 Å². The first kappa shape index (κ1) is 16.0. The third-order valence-corrected chi connectivity index (χ3v) is 4.24. The monoisotopic (exact) mass is 333 g/mol. The first-order valence-electron chi connectivity index (χ1n) is 7.54. The van der Waals surface area contributed by atoms with E-state index in [1.807, 2.05) is 32.0 Å². The van der Waals surface area contributed by atoms with Crippen LogP contribution in [0, 0.1) is 25.2 Å². The quantitative estimate of drug-likeness (QED) is 0.706. The average Bonchev–Trinajstić information content (AvgIpc) is 2.57. The normalized spacial score (nSPS) is 10.4. The van der Waals surface area contributed by atoms with Gasteiger partial charge in [0.05, 0.1) is 5.69 Å². The molecule has 1 aromatic heterocycles. The molecule has 2 N–H and O–H groups in total. The number of nitrogens with two attached hydrogens (primary N) is 1. The summed E-state index contributed by atoms with van der Waals surface area (Å²) in [6.07, 6.45) is 0. The van der Waals surface area contributed by atoms with Crippen molar-refractivity contribution < 1.29 is 0 Å². The maximum Gasteiger partial charge on any atom is 0.142 e. The molecule has 0 fully saturated rings. The van der Waals surface area contributed by atoms with Gasteiger partial charge in [0.2, 0.25) is 0 Å². The molecule has 0 bridgehead atoms. The number of hydrogen-bond acceptors (Lipinski definition) is 3. The van der Waals surface area contributed by atoms with Crippen molar-refractivity contribution in [3.8, 4) is 28.5 Å². The molecule has 0 radical (unpaired) electrons. The van der Waals surface area contributed by atoms with E-state index in [-0.39, 0.29) is 5.82 Å². The largest absolute Gasteiger partial charge is 0.383 e. The second kappa shape index (κ2) is 6.35. The summed E-state index contributed by atoms with van der Waals surface area (Å²) in [6.45, 7) is 4.07. The Labute approximate surface area is 146 Å². The van der Waals surface area contributed by atoms with Crippen molar-refractivity contribution in [3.63, 3.8) is 0 Å². The number of hydrogen-bond donors (Lipinski definition) is 1. The lowest BCUT2D eigenvalue weighted by Gasteiger charge is -2.12. The van der Waals surface area contributed by atoms with E-state index >= 15 is 0 Å². The Kier molecular flexibility index (Phi) is 4.24. The Morgan fingerprint density at radius 1 is 1.00 bits per heavy atom. The molecule has 24 heavy (non-hydrogen) atoms. The molecule has 3 rings (SSSR count).